The number of hydrogen-bond acceptors (Lipinski definition) is 6. The van der Waals surface area contributed by atoms with Crippen LogP contribution < -0.4 is 19.8 Å². The Labute approximate surface area is 221 Å². The number of carbonyl (C=O) groups is 1. The van der Waals surface area contributed by atoms with Crippen molar-refractivity contribution in [2.45, 2.75) is 44.1 Å². The summed E-state index contributed by atoms with van der Waals surface area (Å²) in [6, 6.07) is 18.0. The fourth-order valence-electron chi connectivity index (χ4n) is 4.51. The van der Waals surface area contributed by atoms with Crippen LogP contribution >= 0.6 is 0 Å². The number of aromatic nitrogens is 1. The van der Waals surface area contributed by atoms with Gasteiger partial charge < -0.3 is 18.8 Å². The first-order valence-corrected chi connectivity index (χ1v) is 13.6. The molecule has 1 aliphatic heterocycles. The van der Waals surface area contributed by atoms with E-state index in [1.807, 2.05) is 20.8 Å². The fourth-order valence-corrected chi connectivity index (χ4v) is 5.47. The van der Waals surface area contributed by atoms with Crippen molar-refractivity contribution >= 4 is 32.6 Å². The second-order valence-corrected chi connectivity index (χ2v) is 11.6. The van der Waals surface area contributed by atoms with E-state index in [4.69, 9.17) is 8.92 Å². The van der Waals surface area contributed by atoms with Gasteiger partial charge in [-0.15, -0.1) is 0 Å². The predicted octanol–water partition coefficient (Wildman–Crippen LogP) is 4.97. The minimum absolute atomic E-state index is 0.0669. The molecule has 4 aromatic rings. The van der Waals surface area contributed by atoms with E-state index >= 15 is 0 Å². The van der Waals surface area contributed by atoms with E-state index in [9.17, 15) is 18.0 Å². The lowest BCUT2D eigenvalue weighted by Gasteiger charge is -2.32. The molecule has 0 saturated carbocycles. The number of nitrogens with zero attached hydrogens (tertiary/aromatic N) is 1. The molecule has 0 fully saturated rings. The van der Waals surface area contributed by atoms with Gasteiger partial charge in [0.05, 0.1) is 5.52 Å². The number of aryl methyl sites for hydroxylation is 3. The van der Waals surface area contributed by atoms with Crippen LogP contribution in [0.2, 0.25) is 0 Å². The van der Waals surface area contributed by atoms with Gasteiger partial charge in [-0.2, -0.15) is 8.42 Å². The van der Waals surface area contributed by atoms with Gasteiger partial charge in [0, 0.05) is 18.0 Å². The van der Waals surface area contributed by atoms with Crippen molar-refractivity contribution in [3.05, 3.63) is 93.8 Å². The van der Waals surface area contributed by atoms with Gasteiger partial charge >= 0.3 is 10.1 Å². The van der Waals surface area contributed by atoms with E-state index in [1.165, 1.54) is 16.7 Å². The van der Waals surface area contributed by atoms with Gasteiger partial charge in [-0.1, -0.05) is 29.8 Å². The van der Waals surface area contributed by atoms with E-state index in [0.29, 0.717) is 22.2 Å². The number of nitrogens with one attached hydrogen (secondary N) is 1. The summed E-state index contributed by atoms with van der Waals surface area (Å²) in [5.41, 5.74) is 1.39. The van der Waals surface area contributed by atoms with Crippen LogP contribution in [0.1, 0.15) is 41.8 Å². The SMILES string of the molecule is Cc1ccc(S(=O)(=O)Oc2c(NC(=O)c3ccc4c(c3)CCC(C)(C)O4)c(=O)n(C)c3ccccc23)cc1. The number of benzene rings is 3. The van der Waals surface area contributed by atoms with Crippen LogP contribution in [0.5, 0.6) is 11.5 Å². The van der Waals surface area contributed by atoms with Crippen molar-refractivity contribution in [3.8, 4) is 11.5 Å². The molecule has 0 bridgehead atoms. The summed E-state index contributed by atoms with van der Waals surface area (Å²) in [4.78, 5) is 26.7. The first kappa shape index (κ1) is 25.5. The molecule has 0 radical (unpaired) electrons. The number of fused-ring (bicyclic) bond motifs is 2. The number of rotatable bonds is 5. The van der Waals surface area contributed by atoms with Crippen LogP contribution in [0.3, 0.4) is 0 Å². The Kier molecular flexibility index (Phi) is 6.27. The zero-order chi connectivity index (χ0) is 27.2. The van der Waals surface area contributed by atoms with Gasteiger partial charge in [-0.05, 0) is 81.6 Å². The molecule has 5 rings (SSSR count). The summed E-state index contributed by atoms with van der Waals surface area (Å²) in [5.74, 6) is -0.0871. The van der Waals surface area contributed by atoms with Gasteiger partial charge in [-0.3, -0.25) is 9.59 Å². The first-order valence-electron chi connectivity index (χ1n) is 12.2. The molecule has 196 valence electrons. The van der Waals surface area contributed by atoms with Gasteiger partial charge in [-0.25, -0.2) is 0 Å². The van der Waals surface area contributed by atoms with Crippen LogP contribution in [0.15, 0.2) is 76.4 Å². The summed E-state index contributed by atoms with van der Waals surface area (Å²) < 4.78 is 39.4. The summed E-state index contributed by atoms with van der Waals surface area (Å²) in [6.45, 7) is 5.86. The third-order valence-electron chi connectivity index (χ3n) is 6.70. The second-order valence-electron chi connectivity index (χ2n) is 10.1. The predicted molar refractivity (Wildman–Crippen MR) is 146 cm³/mol. The van der Waals surface area contributed by atoms with Gasteiger partial charge in [0.1, 0.15) is 16.2 Å². The number of pyridine rings is 1. The first-order chi connectivity index (χ1) is 17.9. The molecular formula is C29H28N2O6S. The number of ether oxygens (including phenoxy) is 1. The van der Waals surface area contributed by atoms with Gasteiger partial charge in [0.15, 0.2) is 11.4 Å². The number of amides is 1. The molecule has 0 atom stereocenters. The summed E-state index contributed by atoms with van der Waals surface area (Å²) >= 11 is 0. The molecule has 3 aromatic carbocycles. The molecule has 2 heterocycles. The van der Waals surface area contributed by atoms with Crippen molar-refractivity contribution in [1.29, 1.82) is 0 Å². The summed E-state index contributed by atoms with van der Waals surface area (Å²) in [5, 5.41) is 2.99. The van der Waals surface area contributed by atoms with Crippen molar-refractivity contribution in [3.63, 3.8) is 0 Å². The Balaban J connectivity index is 1.58. The van der Waals surface area contributed by atoms with Crippen molar-refractivity contribution in [2.24, 2.45) is 7.05 Å². The van der Waals surface area contributed by atoms with Gasteiger partial charge in [0.25, 0.3) is 11.5 Å². The van der Waals surface area contributed by atoms with Crippen molar-refractivity contribution in [1.82, 2.24) is 4.57 Å². The van der Waals surface area contributed by atoms with Crippen LogP contribution in [0.4, 0.5) is 5.69 Å². The van der Waals surface area contributed by atoms with E-state index in [0.717, 1.165) is 24.0 Å². The molecule has 8 nitrogen and oxygen atoms in total. The maximum Gasteiger partial charge on any atom is 0.339 e. The van der Waals surface area contributed by atoms with Crippen LogP contribution in [0, 0.1) is 6.92 Å². The Morgan fingerprint density at radius 2 is 1.76 bits per heavy atom. The molecule has 0 unspecified atom stereocenters. The second kappa shape index (κ2) is 9.33. The minimum atomic E-state index is -4.31. The molecular weight excluding hydrogens is 504 g/mol. The molecule has 0 saturated heterocycles. The Hall–Kier alpha value is -4.11. The third-order valence-corrected chi connectivity index (χ3v) is 7.94. The van der Waals surface area contributed by atoms with Gasteiger partial charge in [0.2, 0.25) is 0 Å². The van der Waals surface area contributed by atoms with Crippen molar-refractivity contribution < 1.29 is 22.1 Å². The molecule has 0 spiro atoms. The Morgan fingerprint density at radius 3 is 2.50 bits per heavy atom. The largest absolute Gasteiger partial charge is 0.488 e. The van der Waals surface area contributed by atoms with Crippen LogP contribution in [0.25, 0.3) is 10.9 Å². The normalized spacial score (nSPS) is 14.4. The molecule has 0 aliphatic carbocycles. The van der Waals surface area contributed by atoms with Crippen molar-refractivity contribution in [2.75, 3.05) is 5.32 Å². The molecule has 1 aliphatic rings. The molecule has 1 amide bonds. The molecule has 1 N–H and O–H groups in total. The molecule has 38 heavy (non-hydrogen) atoms. The zero-order valence-corrected chi connectivity index (χ0v) is 22.4. The topological polar surface area (TPSA) is 104 Å². The van der Waals surface area contributed by atoms with E-state index in [1.54, 1.807) is 61.6 Å². The Bertz CT molecular complexity index is 1740. The number of hydrogen-bond donors (Lipinski definition) is 1. The number of para-hydroxylation sites is 1. The highest BCUT2D eigenvalue weighted by molar-refractivity contribution is 7.87. The third kappa shape index (κ3) is 4.77. The van der Waals surface area contributed by atoms with E-state index in [-0.39, 0.29) is 21.9 Å². The molecule has 1 aromatic heterocycles. The lowest BCUT2D eigenvalue weighted by Crippen LogP contribution is -2.32. The smallest absolute Gasteiger partial charge is 0.339 e. The number of carbonyl (C=O) groups excluding carboxylic acids is 1. The lowest BCUT2D eigenvalue weighted by molar-refractivity contribution is 0.0846. The van der Waals surface area contributed by atoms with Crippen LogP contribution in [-0.2, 0) is 23.6 Å². The van der Waals surface area contributed by atoms with Crippen LogP contribution in [-0.4, -0.2) is 24.5 Å². The maximum absolute atomic E-state index is 13.4. The highest BCUT2D eigenvalue weighted by Crippen LogP contribution is 2.35. The maximum atomic E-state index is 13.4. The number of anilines is 1. The highest BCUT2D eigenvalue weighted by atomic mass is 32.2. The average Bonchev–Trinajstić information content (AvgIpc) is 2.88. The lowest BCUT2D eigenvalue weighted by atomic mass is 9.93. The average molecular weight is 533 g/mol. The minimum Gasteiger partial charge on any atom is -0.488 e. The standard InChI is InChI=1S/C29H28N2O6S/c1-18-9-12-21(13-10-18)38(34,35)37-26-22-7-5-6-8-23(22)31(4)28(33)25(26)30-27(32)20-11-14-24-19(17-20)15-16-29(2,3)36-24/h5-14,17H,15-16H2,1-4H3,(H,30,32). The van der Waals surface area contributed by atoms with E-state index < -0.39 is 21.6 Å². The monoisotopic (exact) mass is 532 g/mol. The summed E-state index contributed by atoms with van der Waals surface area (Å²) in [7, 11) is -2.76. The fraction of sp³-hybridized carbons (Fsp3) is 0.241. The van der Waals surface area contributed by atoms with E-state index in [2.05, 4.69) is 5.32 Å². The Morgan fingerprint density at radius 1 is 1.05 bits per heavy atom. The molecule has 9 heteroatoms. The quantitative estimate of drug-likeness (QED) is 0.364. The zero-order valence-electron chi connectivity index (χ0n) is 21.6. The highest BCUT2D eigenvalue weighted by Gasteiger charge is 2.28. The summed E-state index contributed by atoms with van der Waals surface area (Å²) in [6.07, 6.45) is 1.54.